The fraction of sp³-hybridized carbons (Fsp3) is 0.519. The molecule has 2 saturated heterocycles. The van der Waals surface area contributed by atoms with Crippen molar-refractivity contribution in [2.24, 2.45) is 0 Å². The van der Waals surface area contributed by atoms with E-state index in [4.69, 9.17) is 0 Å². The summed E-state index contributed by atoms with van der Waals surface area (Å²) < 4.78 is 38.1. The largest absolute Gasteiger partial charge is 0.390 e. The molecule has 2 aliphatic heterocycles. The minimum absolute atomic E-state index is 0.0564. The van der Waals surface area contributed by atoms with Crippen LogP contribution in [0, 0.1) is 0 Å². The predicted octanol–water partition coefficient (Wildman–Crippen LogP) is 3.81. The molecule has 2 aromatic heterocycles. The highest BCUT2D eigenvalue weighted by atomic mass is 32.2. The molecule has 2 atom stereocenters. The van der Waals surface area contributed by atoms with Gasteiger partial charge in [0.15, 0.2) is 0 Å². The van der Waals surface area contributed by atoms with Crippen LogP contribution in [0.25, 0.3) is 10.8 Å². The normalized spacial score (nSPS) is 21.3. The van der Waals surface area contributed by atoms with Gasteiger partial charge in [0.05, 0.1) is 17.9 Å². The molecule has 0 amide bonds. The molecule has 0 radical (unpaired) electrons. The van der Waals surface area contributed by atoms with E-state index < -0.39 is 22.1 Å². The van der Waals surface area contributed by atoms with Gasteiger partial charge in [0.2, 0.25) is 5.95 Å². The zero-order chi connectivity index (χ0) is 27.0. The van der Waals surface area contributed by atoms with Crippen molar-refractivity contribution in [1.29, 1.82) is 0 Å². The number of aromatic nitrogens is 3. The quantitative estimate of drug-likeness (QED) is 0.480. The standard InChI is InChI=1S/C27H35FN6O3S/c1-17(2)19-4-5-23(33-11-7-18(8-12-33)38(3,36)37)21-15-30-26(14-20(19)21)31-25-6-10-29-27(32-25)34-13-9-24(35)22(28)16-34/h4-6,10,14-15,17-18,22,24,35H,7-9,11-13,16H2,1-3H3,(H,29,30,31,32)/t22-,24-/m0/s1. The van der Waals surface area contributed by atoms with Gasteiger partial charge in [-0.05, 0) is 54.3 Å². The second-order valence-electron chi connectivity index (χ2n) is 10.6. The van der Waals surface area contributed by atoms with E-state index in [9.17, 15) is 17.9 Å². The molecule has 1 aromatic carbocycles. The Morgan fingerprint density at radius 1 is 1.03 bits per heavy atom. The summed E-state index contributed by atoms with van der Waals surface area (Å²) in [7, 11) is -3.03. The number of aliphatic hydroxyl groups excluding tert-OH is 1. The van der Waals surface area contributed by atoms with E-state index >= 15 is 0 Å². The van der Waals surface area contributed by atoms with Gasteiger partial charge in [-0.2, -0.15) is 4.98 Å². The number of aliphatic hydroxyl groups is 1. The molecule has 204 valence electrons. The average Bonchev–Trinajstić information content (AvgIpc) is 2.89. The fourth-order valence-corrected chi connectivity index (χ4v) is 6.46. The van der Waals surface area contributed by atoms with Gasteiger partial charge >= 0.3 is 0 Å². The third kappa shape index (κ3) is 5.54. The first-order valence-corrected chi connectivity index (χ1v) is 15.1. The Bertz CT molecular complexity index is 1410. The lowest BCUT2D eigenvalue weighted by Crippen LogP contribution is -2.45. The zero-order valence-corrected chi connectivity index (χ0v) is 22.8. The molecule has 9 nitrogen and oxygen atoms in total. The highest BCUT2D eigenvalue weighted by Crippen LogP contribution is 2.36. The summed E-state index contributed by atoms with van der Waals surface area (Å²) in [5, 5.41) is 14.8. The van der Waals surface area contributed by atoms with Crippen LogP contribution in [0.15, 0.2) is 36.7 Å². The molecule has 0 saturated carbocycles. The van der Waals surface area contributed by atoms with E-state index in [1.54, 1.807) is 17.2 Å². The number of nitrogens with one attached hydrogen (secondary N) is 1. The second kappa shape index (κ2) is 10.6. The minimum atomic E-state index is -3.03. The first-order chi connectivity index (χ1) is 18.1. The summed E-state index contributed by atoms with van der Waals surface area (Å²) >= 11 is 0. The number of rotatable bonds is 6. The Balaban J connectivity index is 1.41. The lowest BCUT2D eigenvalue weighted by atomic mass is 9.95. The van der Waals surface area contributed by atoms with Crippen LogP contribution < -0.4 is 15.1 Å². The molecule has 0 aliphatic carbocycles. The maximum Gasteiger partial charge on any atom is 0.227 e. The summed E-state index contributed by atoms with van der Waals surface area (Å²) in [6, 6.07) is 8.04. The molecule has 0 spiro atoms. The van der Waals surface area contributed by atoms with Crippen LogP contribution in [0.5, 0.6) is 0 Å². The van der Waals surface area contributed by atoms with Crippen molar-refractivity contribution >= 4 is 43.9 Å². The average molecular weight is 543 g/mol. The number of anilines is 4. The Kier molecular flexibility index (Phi) is 7.41. The zero-order valence-electron chi connectivity index (χ0n) is 22.0. The minimum Gasteiger partial charge on any atom is -0.390 e. The van der Waals surface area contributed by atoms with Crippen LogP contribution in [0.2, 0.25) is 0 Å². The molecule has 2 fully saturated rings. The van der Waals surface area contributed by atoms with Crippen LogP contribution in [0.3, 0.4) is 0 Å². The molecule has 3 aromatic rings. The molecule has 11 heteroatoms. The van der Waals surface area contributed by atoms with Crippen molar-refractivity contribution < 1.29 is 17.9 Å². The third-order valence-electron chi connectivity index (χ3n) is 7.61. The lowest BCUT2D eigenvalue weighted by Gasteiger charge is -2.34. The Labute approximate surface area is 223 Å². The van der Waals surface area contributed by atoms with Crippen LogP contribution in [-0.2, 0) is 9.84 Å². The van der Waals surface area contributed by atoms with Gasteiger partial charge in [0, 0.05) is 49.4 Å². The van der Waals surface area contributed by atoms with Crippen LogP contribution in [0.1, 0.15) is 44.6 Å². The molecule has 2 aliphatic rings. The topological polar surface area (TPSA) is 112 Å². The van der Waals surface area contributed by atoms with E-state index in [-0.39, 0.29) is 11.8 Å². The Morgan fingerprint density at radius 2 is 1.76 bits per heavy atom. The van der Waals surface area contributed by atoms with Gasteiger partial charge in [-0.3, -0.25) is 0 Å². The number of alkyl halides is 1. The number of nitrogens with zero attached hydrogens (tertiary/aromatic N) is 5. The van der Waals surface area contributed by atoms with Gasteiger partial charge in [-0.25, -0.2) is 22.8 Å². The first-order valence-electron chi connectivity index (χ1n) is 13.1. The van der Waals surface area contributed by atoms with Gasteiger partial charge in [-0.15, -0.1) is 0 Å². The summed E-state index contributed by atoms with van der Waals surface area (Å²) in [6.07, 6.45) is 4.12. The molecule has 38 heavy (non-hydrogen) atoms. The van der Waals surface area contributed by atoms with Crippen molar-refractivity contribution in [1.82, 2.24) is 15.0 Å². The van der Waals surface area contributed by atoms with Gasteiger partial charge in [-0.1, -0.05) is 19.9 Å². The lowest BCUT2D eigenvalue weighted by molar-refractivity contribution is 0.0612. The number of benzene rings is 1. The number of hydrogen-bond acceptors (Lipinski definition) is 9. The van der Waals surface area contributed by atoms with Crippen molar-refractivity contribution in [3.8, 4) is 0 Å². The molecule has 4 heterocycles. The van der Waals surface area contributed by atoms with Crippen molar-refractivity contribution in [2.45, 2.75) is 56.6 Å². The molecule has 2 N–H and O–H groups in total. The fourth-order valence-electron chi connectivity index (χ4n) is 5.39. The van der Waals surface area contributed by atoms with Crippen LogP contribution in [0.4, 0.5) is 27.7 Å². The maximum absolute atomic E-state index is 14.0. The van der Waals surface area contributed by atoms with Gasteiger partial charge in [0.1, 0.15) is 27.6 Å². The van der Waals surface area contributed by atoms with Gasteiger partial charge < -0.3 is 20.2 Å². The summed E-state index contributed by atoms with van der Waals surface area (Å²) in [5.74, 6) is 1.89. The number of pyridine rings is 1. The summed E-state index contributed by atoms with van der Waals surface area (Å²) in [4.78, 5) is 17.5. The van der Waals surface area contributed by atoms with Crippen molar-refractivity contribution in [2.75, 3.05) is 47.6 Å². The third-order valence-corrected chi connectivity index (χ3v) is 9.29. The highest BCUT2D eigenvalue weighted by Gasteiger charge is 2.29. The van der Waals surface area contributed by atoms with Crippen molar-refractivity contribution in [3.63, 3.8) is 0 Å². The smallest absolute Gasteiger partial charge is 0.227 e. The number of sulfone groups is 1. The predicted molar refractivity (Wildman–Crippen MR) is 149 cm³/mol. The second-order valence-corrected chi connectivity index (χ2v) is 13.0. The Morgan fingerprint density at radius 3 is 2.45 bits per heavy atom. The van der Waals surface area contributed by atoms with E-state index in [2.05, 4.69) is 51.1 Å². The van der Waals surface area contributed by atoms with Crippen LogP contribution in [-0.4, -0.2) is 78.4 Å². The summed E-state index contributed by atoms with van der Waals surface area (Å²) in [6.45, 7) is 6.23. The monoisotopic (exact) mass is 542 g/mol. The number of piperidine rings is 2. The number of fused-ring (bicyclic) bond motifs is 1. The first kappa shape index (κ1) is 26.6. The molecular weight excluding hydrogens is 507 g/mol. The molecular formula is C27H35FN6O3S. The number of hydrogen-bond donors (Lipinski definition) is 2. The maximum atomic E-state index is 14.0. The van der Waals surface area contributed by atoms with E-state index in [0.717, 1.165) is 16.5 Å². The van der Waals surface area contributed by atoms with Crippen molar-refractivity contribution in [3.05, 3.63) is 42.2 Å². The molecule has 0 unspecified atom stereocenters. The highest BCUT2D eigenvalue weighted by molar-refractivity contribution is 7.91. The van der Waals surface area contributed by atoms with E-state index in [0.29, 0.717) is 62.4 Å². The SMILES string of the molecule is CC(C)c1ccc(N2CCC(S(C)(=O)=O)CC2)c2cnc(Nc3ccnc(N4CC[C@H](O)[C@@H](F)C4)n3)cc12. The van der Waals surface area contributed by atoms with Gasteiger partial charge in [0.25, 0.3) is 0 Å². The Hall–Kier alpha value is -3.05. The molecule has 0 bridgehead atoms. The number of halogens is 1. The van der Waals surface area contributed by atoms with E-state index in [1.165, 1.54) is 11.8 Å². The summed E-state index contributed by atoms with van der Waals surface area (Å²) in [5.41, 5.74) is 2.26. The van der Waals surface area contributed by atoms with Crippen LogP contribution >= 0.6 is 0 Å². The molecule has 5 rings (SSSR count). The van der Waals surface area contributed by atoms with E-state index in [1.807, 2.05) is 12.3 Å².